The highest BCUT2D eigenvalue weighted by atomic mass is 15.2. The number of piperidine rings is 1. The van der Waals surface area contributed by atoms with Gasteiger partial charge in [-0.05, 0) is 52.2 Å². The molecule has 1 atom stereocenters. The summed E-state index contributed by atoms with van der Waals surface area (Å²) in [6.45, 7) is 14.3. The van der Waals surface area contributed by atoms with Crippen molar-refractivity contribution in [3.8, 4) is 0 Å². The first kappa shape index (κ1) is 14.0. The number of likely N-dealkylation sites (tertiary alicyclic amines) is 1. The summed E-state index contributed by atoms with van der Waals surface area (Å²) in [5.74, 6) is 0. The maximum absolute atomic E-state index is 3.54. The zero-order valence-corrected chi connectivity index (χ0v) is 12.1. The number of likely N-dealkylation sites (N-methyl/N-ethyl adjacent to an activating group) is 1. The average molecular weight is 226 g/mol. The Balaban J connectivity index is 2.80. The van der Waals surface area contributed by atoms with Gasteiger partial charge in [-0.15, -0.1) is 0 Å². The van der Waals surface area contributed by atoms with E-state index in [4.69, 9.17) is 0 Å². The molecular weight excluding hydrogens is 196 g/mol. The van der Waals surface area contributed by atoms with Gasteiger partial charge in [-0.25, -0.2) is 0 Å². The second-order valence-corrected chi connectivity index (χ2v) is 6.79. The molecule has 0 amide bonds. The van der Waals surface area contributed by atoms with E-state index in [1.54, 1.807) is 0 Å². The van der Waals surface area contributed by atoms with Crippen LogP contribution in [0.5, 0.6) is 0 Å². The highest BCUT2D eigenvalue weighted by molar-refractivity contribution is 4.99. The van der Waals surface area contributed by atoms with Gasteiger partial charge in [0.25, 0.3) is 0 Å². The summed E-state index contributed by atoms with van der Waals surface area (Å²) >= 11 is 0. The average Bonchev–Trinajstić information content (AvgIpc) is 2.17. The second-order valence-electron chi connectivity index (χ2n) is 6.79. The Hall–Kier alpha value is -0.0800. The fourth-order valence-electron chi connectivity index (χ4n) is 3.50. The van der Waals surface area contributed by atoms with Crippen molar-refractivity contribution in [2.75, 3.05) is 20.1 Å². The maximum Gasteiger partial charge on any atom is 0.0311 e. The number of hydrogen-bond acceptors (Lipinski definition) is 2. The Bertz CT molecular complexity index is 209. The summed E-state index contributed by atoms with van der Waals surface area (Å²) in [5.41, 5.74) is 0.545. The van der Waals surface area contributed by atoms with Gasteiger partial charge in [0.05, 0.1) is 0 Å². The molecule has 0 bridgehead atoms. The zero-order valence-electron chi connectivity index (χ0n) is 12.1. The van der Waals surface area contributed by atoms with Gasteiger partial charge in [0.1, 0.15) is 0 Å². The summed E-state index contributed by atoms with van der Waals surface area (Å²) in [7, 11) is 2.10. The first-order valence-corrected chi connectivity index (χ1v) is 6.72. The lowest BCUT2D eigenvalue weighted by molar-refractivity contribution is 0.0249. The molecule has 0 aliphatic carbocycles. The summed E-state index contributed by atoms with van der Waals surface area (Å²) in [5, 5.41) is 3.54. The minimum atomic E-state index is 0.243. The highest BCUT2D eigenvalue weighted by Crippen LogP contribution is 2.33. The molecule has 1 N–H and O–H groups in total. The molecule has 1 aliphatic heterocycles. The second kappa shape index (κ2) is 5.05. The van der Waals surface area contributed by atoms with Gasteiger partial charge in [-0.3, -0.25) is 4.90 Å². The molecule has 1 fully saturated rings. The van der Waals surface area contributed by atoms with Crippen LogP contribution < -0.4 is 5.32 Å². The van der Waals surface area contributed by atoms with Gasteiger partial charge >= 0.3 is 0 Å². The van der Waals surface area contributed by atoms with E-state index in [1.165, 1.54) is 32.4 Å². The lowest BCUT2D eigenvalue weighted by Gasteiger charge is -2.50. The van der Waals surface area contributed by atoms with Crippen LogP contribution in [0, 0.1) is 5.41 Å². The zero-order chi connectivity index (χ0) is 12.4. The van der Waals surface area contributed by atoms with Crippen LogP contribution >= 0.6 is 0 Å². The third kappa shape index (κ3) is 2.98. The third-order valence-electron chi connectivity index (χ3n) is 4.03. The minimum absolute atomic E-state index is 0.243. The summed E-state index contributed by atoms with van der Waals surface area (Å²) in [6, 6.07) is 0.526. The molecule has 0 aromatic rings. The third-order valence-corrected chi connectivity index (χ3v) is 4.03. The van der Waals surface area contributed by atoms with Gasteiger partial charge in [0.2, 0.25) is 0 Å². The van der Waals surface area contributed by atoms with Crippen molar-refractivity contribution in [1.82, 2.24) is 10.2 Å². The molecule has 1 saturated heterocycles. The van der Waals surface area contributed by atoms with Crippen molar-refractivity contribution in [3.63, 3.8) is 0 Å². The van der Waals surface area contributed by atoms with E-state index in [-0.39, 0.29) is 5.54 Å². The van der Waals surface area contributed by atoms with Crippen molar-refractivity contribution in [2.45, 2.75) is 65.5 Å². The summed E-state index contributed by atoms with van der Waals surface area (Å²) in [6.07, 6.45) is 4.14. The molecule has 1 aliphatic rings. The predicted octanol–water partition coefficient (Wildman–Crippen LogP) is 2.89. The molecule has 16 heavy (non-hydrogen) atoms. The van der Waals surface area contributed by atoms with E-state index in [2.05, 4.69) is 51.9 Å². The van der Waals surface area contributed by atoms with Crippen LogP contribution in [-0.4, -0.2) is 36.6 Å². The van der Waals surface area contributed by atoms with Crippen molar-refractivity contribution < 1.29 is 0 Å². The van der Waals surface area contributed by atoms with Gasteiger partial charge in [-0.2, -0.15) is 0 Å². The van der Waals surface area contributed by atoms with Gasteiger partial charge in [0, 0.05) is 11.6 Å². The fourth-order valence-corrected chi connectivity index (χ4v) is 3.50. The molecule has 0 aromatic heterocycles. The van der Waals surface area contributed by atoms with Crippen LogP contribution in [0.3, 0.4) is 0 Å². The molecular formula is C14H30N2. The van der Waals surface area contributed by atoms with Crippen LogP contribution in [0.2, 0.25) is 0 Å². The number of rotatable bonds is 3. The minimum Gasteiger partial charge on any atom is -0.315 e. The number of nitrogens with zero attached hydrogens (tertiary/aromatic N) is 1. The Kier molecular flexibility index (Phi) is 4.42. The number of hydrogen-bond donors (Lipinski definition) is 1. The monoisotopic (exact) mass is 226 g/mol. The molecule has 96 valence electrons. The smallest absolute Gasteiger partial charge is 0.0311 e. The van der Waals surface area contributed by atoms with E-state index in [0.717, 1.165) is 0 Å². The van der Waals surface area contributed by atoms with Crippen LogP contribution in [0.25, 0.3) is 0 Å². The first-order valence-electron chi connectivity index (χ1n) is 6.72. The normalized spacial score (nSPS) is 22.1. The largest absolute Gasteiger partial charge is 0.315 e. The Morgan fingerprint density at radius 2 is 1.44 bits per heavy atom. The summed E-state index contributed by atoms with van der Waals surface area (Å²) in [4.78, 5) is 2.67. The van der Waals surface area contributed by atoms with Crippen molar-refractivity contribution >= 4 is 0 Å². The van der Waals surface area contributed by atoms with E-state index >= 15 is 0 Å². The highest BCUT2D eigenvalue weighted by Gasteiger charge is 2.41. The number of nitrogens with one attached hydrogen (secondary N) is 1. The van der Waals surface area contributed by atoms with Gasteiger partial charge < -0.3 is 5.32 Å². The van der Waals surface area contributed by atoms with E-state index in [0.29, 0.717) is 11.5 Å². The lowest BCUT2D eigenvalue weighted by atomic mass is 9.74. The van der Waals surface area contributed by atoms with Gasteiger partial charge in [-0.1, -0.05) is 27.2 Å². The van der Waals surface area contributed by atoms with Gasteiger partial charge in [0.15, 0.2) is 0 Å². The molecule has 0 radical (unpaired) electrons. The molecule has 2 heteroatoms. The Morgan fingerprint density at radius 3 is 1.81 bits per heavy atom. The quantitative estimate of drug-likeness (QED) is 0.796. The van der Waals surface area contributed by atoms with Crippen LogP contribution in [0.4, 0.5) is 0 Å². The molecule has 0 aromatic carbocycles. The molecule has 1 unspecified atom stereocenters. The van der Waals surface area contributed by atoms with Crippen LogP contribution in [-0.2, 0) is 0 Å². The predicted molar refractivity (Wildman–Crippen MR) is 71.8 cm³/mol. The van der Waals surface area contributed by atoms with Crippen LogP contribution in [0.15, 0.2) is 0 Å². The molecule has 0 saturated carbocycles. The topological polar surface area (TPSA) is 15.3 Å². The van der Waals surface area contributed by atoms with Crippen molar-refractivity contribution in [3.05, 3.63) is 0 Å². The van der Waals surface area contributed by atoms with E-state index in [9.17, 15) is 0 Å². The molecule has 0 spiro atoms. The summed E-state index contributed by atoms with van der Waals surface area (Å²) < 4.78 is 0. The Morgan fingerprint density at radius 1 is 0.938 bits per heavy atom. The SMILES string of the molecule is CNC(C(C)(C)C)C(C)(C)N1CCCCC1. The first-order chi connectivity index (χ1) is 7.30. The fraction of sp³-hybridized carbons (Fsp3) is 1.00. The van der Waals surface area contributed by atoms with E-state index < -0.39 is 0 Å². The molecule has 1 rings (SSSR count). The molecule has 1 heterocycles. The standard InChI is InChI=1S/C14H30N2/c1-13(2,3)12(15-6)14(4,5)16-10-8-7-9-11-16/h12,15H,7-11H2,1-6H3. The van der Waals surface area contributed by atoms with Crippen molar-refractivity contribution in [2.24, 2.45) is 5.41 Å². The van der Waals surface area contributed by atoms with Crippen molar-refractivity contribution in [1.29, 1.82) is 0 Å². The van der Waals surface area contributed by atoms with Crippen LogP contribution in [0.1, 0.15) is 53.9 Å². The Labute approximate surface area is 102 Å². The van der Waals surface area contributed by atoms with E-state index in [1.807, 2.05) is 0 Å². The maximum atomic E-state index is 3.54. The molecule has 2 nitrogen and oxygen atoms in total. The lowest BCUT2D eigenvalue weighted by Crippen LogP contribution is -2.62.